The molecule has 2 N–H and O–H groups in total. The number of hydrogen-bond donors (Lipinski definition) is 2. The second-order valence-corrected chi connectivity index (χ2v) is 8.70. The van der Waals surface area contributed by atoms with Crippen LogP contribution in [0.4, 0.5) is 0 Å². The third kappa shape index (κ3) is 5.40. The number of piperidine rings is 1. The van der Waals surface area contributed by atoms with Crippen molar-refractivity contribution in [1.29, 1.82) is 0 Å². The van der Waals surface area contributed by atoms with Gasteiger partial charge in [-0.1, -0.05) is 12.1 Å². The predicted octanol–water partition coefficient (Wildman–Crippen LogP) is 2.96. The van der Waals surface area contributed by atoms with Crippen LogP contribution < -0.4 is 10.6 Å². The summed E-state index contributed by atoms with van der Waals surface area (Å²) >= 11 is 3.18. The van der Waals surface area contributed by atoms with Crippen LogP contribution in [-0.2, 0) is 11.3 Å². The monoisotopic (exact) mass is 391 g/mol. The fraction of sp³-hybridized carbons (Fsp3) is 0.474. The summed E-state index contributed by atoms with van der Waals surface area (Å²) in [5, 5.41) is 9.72. The lowest BCUT2D eigenvalue weighted by Gasteiger charge is -2.31. The first-order valence-corrected chi connectivity index (χ1v) is 10.7. The SMILES string of the molecule is CC(NC(=O)c1cccs1)C(=O)NCC1CCN(Cc2cccs2)CC1. The minimum Gasteiger partial charge on any atom is -0.354 e. The lowest BCUT2D eigenvalue weighted by atomic mass is 9.96. The maximum atomic E-state index is 12.2. The summed E-state index contributed by atoms with van der Waals surface area (Å²) in [6.45, 7) is 5.59. The van der Waals surface area contributed by atoms with E-state index in [-0.39, 0.29) is 11.8 Å². The highest BCUT2D eigenvalue weighted by atomic mass is 32.1. The van der Waals surface area contributed by atoms with E-state index in [0.717, 1.165) is 32.5 Å². The van der Waals surface area contributed by atoms with Gasteiger partial charge in [0.2, 0.25) is 5.91 Å². The molecule has 0 aliphatic carbocycles. The van der Waals surface area contributed by atoms with Crippen molar-refractivity contribution in [2.45, 2.75) is 32.4 Å². The number of rotatable bonds is 7. The van der Waals surface area contributed by atoms with Crippen LogP contribution in [0, 0.1) is 5.92 Å². The van der Waals surface area contributed by atoms with E-state index in [1.807, 2.05) is 11.4 Å². The molecule has 1 atom stereocenters. The van der Waals surface area contributed by atoms with Gasteiger partial charge in [-0.25, -0.2) is 0 Å². The van der Waals surface area contributed by atoms with Crippen LogP contribution in [0.5, 0.6) is 0 Å². The van der Waals surface area contributed by atoms with Gasteiger partial charge in [-0.05, 0) is 61.7 Å². The lowest BCUT2D eigenvalue weighted by Crippen LogP contribution is -2.46. The molecule has 2 aromatic heterocycles. The van der Waals surface area contributed by atoms with E-state index in [1.54, 1.807) is 24.3 Å². The van der Waals surface area contributed by atoms with Gasteiger partial charge in [0, 0.05) is 18.0 Å². The second kappa shape index (κ2) is 9.30. The topological polar surface area (TPSA) is 61.4 Å². The molecule has 0 saturated carbocycles. The van der Waals surface area contributed by atoms with Crippen molar-refractivity contribution in [3.63, 3.8) is 0 Å². The van der Waals surface area contributed by atoms with E-state index in [4.69, 9.17) is 0 Å². The number of nitrogens with zero attached hydrogens (tertiary/aromatic N) is 1. The quantitative estimate of drug-likeness (QED) is 0.763. The zero-order chi connectivity index (χ0) is 18.4. The van der Waals surface area contributed by atoms with Crippen LogP contribution in [0.15, 0.2) is 35.0 Å². The van der Waals surface area contributed by atoms with Gasteiger partial charge < -0.3 is 10.6 Å². The van der Waals surface area contributed by atoms with Crippen molar-refractivity contribution >= 4 is 34.5 Å². The number of likely N-dealkylation sites (tertiary alicyclic amines) is 1. The molecule has 3 heterocycles. The molecule has 1 saturated heterocycles. The average molecular weight is 392 g/mol. The fourth-order valence-electron chi connectivity index (χ4n) is 3.11. The maximum absolute atomic E-state index is 12.2. The first-order chi connectivity index (χ1) is 12.6. The Bertz CT molecular complexity index is 692. The van der Waals surface area contributed by atoms with E-state index < -0.39 is 6.04 Å². The Labute approximate surface area is 162 Å². The first kappa shape index (κ1) is 19.1. The molecule has 2 amide bonds. The maximum Gasteiger partial charge on any atom is 0.261 e. The molecule has 0 bridgehead atoms. The van der Waals surface area contributed by atoms with Crippen LogP contribution in [0.25, 0.3) is 0 Å². The highest BCUT2D eigenvalue weighted by Crippen LogP contribution is 2.20. The van der Waals surface area contributed by atoms with Crippen LogP contribution in [-0.4, -0.2) is 42.4 Å². The van der Waals surface area contributed by atoms with E-state index >= 15 is 0 Å². The summed E-state index contributed by atoms with van der Waals surface area (Å²) in [6.07, 6.45) is 2.20. The molecule has 0 radical (unpaired) electrons. The largest absolute Gasteiger partial charge is 0.354 e. The van der Waals surface area contributed by atoms with Crippen LogP contribution in [0.3, 0.4) is 0 Å². The smallest absolute Gasteiger partial charge is 0.261 e. The molecule has 1 aliphatic heterocycles. The Balaban J connectivity index is 1.35. The zero-order valence-electron chi connectivity index (χ0n) is 14.9. The summed E-state index contributed by atoms with van der Waals surface area (Å²) in [6, 6.07) is 7.34. The summed E-state index contributed by atoms with van der Waals surface area (Å²) in [7, 11) is 0. The molecule has 5 nitrogen and oxygen atoms in total. The molecule has 1 fully saturated rings. The number of carbonyl (C=O) groups excluding carboxylic acids is 2. The Morgan fingerprint density at radius 2 is 1.92 bits per heavy atom. The molecule has 3 rings (SSSR count). The Morgan fingerprint density at radius 3 is 2.58 bits per heavy atom. The van der Waals surface area contributed by atoms with Gasteiger partial charge in [0.15, 0.2) is 0 Å². The average Bonchev–Trinajstić information content (AvgIpc) is 3.34. The molecule has 1 aliphatic rings. The standard InChI is InChI=1S/C19H25N3O2S2/c1-14(21-19(24)17-5-3-11-26-17)18(23)20-12-15-6-8-22(9-7-15)13-16-4-2-10-25-16/h2-5,10-11,14-15H,6-9,12-13H2,1H3,(H,20,23)(H,21,24). The molecule has 1 unspecified atom stereocenters. The number of thiophene rings is 2. The molecule has 26 heavy (non-hydrogen) atoms. The zero-order valence-corrected chi connectivity index (χ0v) is 16.6. The molecule has 2 aromatic rings. The Kier molecular flexibility index (Phi) is 6.82. The molecule has 140 valence electrons. The summed E-state index contributed by atoms with van der Waals surface area (Å²) in [5.41, 5.74) is 0. The van der Waals surface area contributed by atoms with Crippen molar-refractivity contribution < 1.29 is 9.59 Å². The van der Waals surface area contributed by atoms with Gasteiger partial charge in [-0.2, -0.15) is 0 Å². The van der Waals surface area contributed by atoms with Gasteiger partial charge in [0.25, 0.3) is 5.91 Å². The summed E-state index contributed by atoms with van der Waals surface area (Å²) in [4.78, 5) is 28.8. The summed E-state index contributed by atoms with van der Waals surface area (Å²) in [5.74, 6) is 0.208. The van der Waals surface area contributed by atoms with E-state index in [1.165, 1.54) is 16.2 Å². The van der Waals surface area contributed by atoms with Crippen molar-refractivity contribution in [1.82, 2.24) is 15.5 Å². The third-order valence-corrected chi connectivity index (χ3v) is 6.45. The van der Waals surface area contributed by atoms with Crippen LogP contribution in [0.1, 0.15) is 34.3 Å². The van der Waals surface area contributed by atoms with E-state index in [9.17, 15) is 9.59 Å². The van der Waals surface area contributed by atoms with E-state index in [0.29, 0.717) is 17.3 Å². The Hall–Kier alpha value is -1.70. The van der Waals surface area contributed by atoms with Gasteiger partial charge >= 0.3 is 0 Å². The normalized spacial score (nSPS) is 17.0. The second-order valence-electron chi connectivity index (χ2n) is 6.72. The fourth-order valence-corrected chi connectivity index (χ4v) is 4.48. The third-order valence-electron chi connectivity index (χ3n) is 4.72. The lowest BCUT2D eigenvalue weighted by molar-refractivity contribution is -0.122. The summed E-state index contributed by atoms with van der Waals surface area (Å²) < 4.78 is 0. The Morgan fingerprint density at radius 1 is 1.19 bits per heavy atom. The van der Waals surface area contributed by atoms with Crippen LogP contribution >= 0.6 is 22.7 Å². The van der Waals surface area contributed by atoms with Gasteiger partial charge in [0.1, 0.15) is 6.04 Å². The highest BCUT2D eigenvalue weighted by molar-refractivity contribution is 7.12. The molecule has 7 heteroatoms. The first-order valence-electron chi connectivity index (χ1n) is 8.98. The number of carbonyl (C=O) groups is 2. The minimum absolute atomic E-state index is 0.115. The molecule has 0 aromatic carbocycles. The van der Waals surface area contributed by atoms with Crippen molar-refractivity contribution in [3.8, 4) is 0 Å². The van der Waals surface area contributed by atoms with Gasteiger partial charge in [-0.15, -0.1) is 22.7 Å². The van der Waals surface area contributed by atoms with Gasteiger partial charge in [-0.3, -0.25) is 14.5 Å². The number of hydrogen-bond acceptors (Lipinski definition) is 5. The van der Waals surface area contributed by atoms with E-state index in [2.05, 4.69) is 33.0 Å². The van der Waals surface area contributed by atoms with Crippen molar-refractivity contribution in [2.24, 2.45) is 5.92 Å². The highest BCUT2D eigenvalue weighted by Gasteiger charge is 2.22. The van der Waals surface area contributed by atoms with Crippen molar-refractivity contribution in [3.05, 3.63) is 44.8 Å². The number of amides is 2. The van der Waals surface area contributed by atoms with Crippen molar-refractivity contribution in [2.75, 3.05) is 19.6 Å². The van der Waals surface area contributed by atoms with Crippen LogP contribution in [0.2, 0.25) is 0 Å². The minimum atomic E-state index is -0.525. The molecule has 0 spiro atoms. The van der Waals surface area contributed by atoms with Gasteiger partial charge in [0.05, 0.1) is 4.88 Å². The molecular formula is C19H25N3O2S2. The number of nitrogens with one attached hydrogen (secondary N) is 2. The predicted molar refractivity (Wildman–Crippen MR) is 107 cm³/mol. The molecular weight excluding hydrogens is 366 g/mol.